The lowest BCUT2D eigenvalue weighted by atomic mass is 10.1. The predicted molar refractivity (Wildman–Crippen MR) is 68.0 cm³/mol. The van der Waals surface area contributed by atoms with E-state index in [2.05, 4.69) is 0 Å². The van der Waals surface area contributed by atoms with Crippen molar-refractivity contribution in [2.75, 3.05) is 6.61 Å². The summed E-state index contributed by atoms with van der Waals surface area (Å²) in [6, 6.07) is 5.86. The number of rotatable bonds is 5. The van der Waals surface area contributed by atoms with Gasteiger partial charge in [-0.3, -0.25) is 9.59 Å². The minimum atomic E-state index is -0.887. The van der Waals surface area contributed by atoms with E-state index < -0.39 is 35.4 Å². The molecule has 0 radical (unpaired) electrons. The van der Waals surface area contributed by atoms with Crippen molar-refractivity contribution in [3.63, 3.8) is 0 Å². The van der Waals surface area contributed by atoms with Gasteiger partial charge < -0.3 is 4.74 Å². The average Bonchev–Trinajstić information content (AvgIpc) is 2.48. The monoisotopic (exact) mass is 294 g/mol. The summed E-state index contributed by atoms with van der Waals surface area (Å²) in [6.45, 7) is -0.655. The van der Waals surface area contributed by atoms with Crippen LogP contribution in [0.2, 0.25) is 0 Å². The van der Waals surface area contributed by atoms with Crippen LogP contribution in [0, 0.1) is 17.5 Å². The molecule has 0 fully saturated rings. The summed E-state index contributed by atoms with van der Waals surface area (Å²) in [5.41, 5.74) is -0.359. The number of aldehydes is 1. The molecule has 0 aliphatic carbocycles. The lowest BCUT2D eigenvalue weighted by Crippen LogP contribution is -2.14. The Morgan fingerprint density at radius 2 is 1.81 bits per heavy atom. The van der Waals surface area contributed by atoms with Crippen molar-refractivity contribution < 1.29 is 27.5 Å². The fourth-order valence-electron chi connectivity index (χ4n) is 1.64. The molecule has 0 unspecified atom stereocenters. The molecule has 108 valence electrons. The zero-order valence-corrected chi connectivity index (χ0v) is 10.6. The van der Waals surface area contributed by atoms with Crippen LogP contribution in [0.15, 0.2) is 36.4 Å². The third-order valence-electron chi connectivity index (χ3n) is 2.68. The van der Waals surface area contributed by atoms with Gasteiger partial charge in [-0.2, -0.15) is 0 Å². The third-order valence-corrected chi connectivity index (χ3v) is 2.68. The molecule has 3 nitrogen and oxygen atoms in total. The SMILES string of the molecule is O=Cc1ccc(OCC(=O)c2cc(F)ccc2F)c(F)c1. The first-order chi connectivity index (χ1) is 10.0. The van der Waals surface area contributed by atoms with E-state index >= 15 is 0 Å². The molecule has 0 saturated carbocycles. The number of carbonyl (C=O) groups excluding carboxylic acids is 2. The van der Waals surface area contributed by atoms with E-state index in [1.165, 1.54) is 12.1 Å². The molecule has 0 aromatic heterocycles. The van der Waals surface area contributed by atoms with Gasteiger partial charge in [0.05, 0.1) is 5.56 Å². The largest absolute Gasteiger partial charge is 0.482 e. The van der Waals surface area contributed by atoms with Crippen molar-refractivity contribution in [2.24, 2.45) is 0 Å². The summed E-state index contributed by atoms with van der Waals surface area (Å²) < 4.78 is 44.8. The maximum Gasteiger partial charge on any atom is 0.203 e. The Labute approximate surface area is 118 Å². The fraction of sp³-hybridized carbons (Fsp3) is 0.0667. The predicted octanol–water partition coefficient (Wildman–Crippen LogP) is 3.18. The zero-order chi connectivity index (χ0) is 15.4. The van der Waals surface area contributed by atoms with Gasteiger partial charge in [0.15, 0.2) is 18.2 Å². The van der Waals surface area contributed by atoms with Crippen LogP contribution < -0.4 is 4.74 Å². The van der Waals surface area contributed by atoms with Gasteiger partial charge >= 0.3 is 0 Å². The van der Waals surface area contributed by atoms with Crippen molar-refractivity contribution in [1.82, 2.24) is 0 Å². The Morgan fingerprint density at radius 1 is 1.05 bits per heavy atom. The van der Waals surface area contributed by atoms with Gasteiger partial charge in [-0.25, -0.2) is 13.2 Å². The van der Waals surface area contributed by atoms with Crippen molar-refractivity contribution >= 4 is 12.1 Å². The van der Waals surface area contributed by atoms with E-state index in [0.29, 0.717) is 6.29 Å². The van der Waals surface area contributed by atoms with Crippen LogP contribution in [-0.4, -0.2) is 18.7 Å². The second kappa shape index (κ2) is 6.21. The Balaban J connectivity index is 2.11. The second-order valence-corrected chi connectivity index (χ2v) is 4.14. The second-order valence-electron chi connectivity index (χ2n) is 4.14. The number of ether oxygens (including phenoxy) is 1. The number of benzene rings is 2. The normalized spacial score (nSPS) is 10.2. The molecular formula is C15H9F3O3. The molecule has 21 heavy (non-hydrogen) atoms. The van der Waals surface area contributed by atoms with E-state index in [0.717, 1.165) is 24.3 Å². The van der Waals surface area contributed by atoms with Crippen molar-refractivity contribution in [2.45, 2.75) is 0 Å². The molecule has 0 atom stereocenters. The fourth-order valence-corrected chi connectivity index (χ4v) is 1.64. The highest BCUT2D eigenvalue weighted by Crippen LogP contribution is 2.18. The van der Waals surface area contributed by atoms with Crippen LogP contribution in [0.25, 0.3) is 0 Å². The van der Waals surface area contributed by atoms with Gasteiger partial charge in [0.2, 0.25) is 5.78 Å². The first-order valence-corrected chi connectivity index (χ1v) is 5.87. The van der Waals surface area contributed by atoms with Crippen LogP contribution in [0.1, 0.15) is 20.7 Å². The maximum absolute atomic E-state index is 13.5. The third kappa shape index (κ3) is 3.47. The van der Waals surface area contributed by atoms with Gasteiger partial charge in [-0.05, 0) is 36.4 Å². The van der Waals surface area contributed by atoms with Crippen LogP contribution in [0.4, 0.5) is 13.2 Å². The number of halogens is 3. The highest BCUT2D eigenvalue weighted by Gasteiger charge is 2.14. The van der Waals surface area contributed by atoms with Crippen molar-refractivity contribution in [3.8, 4) is 5.75 Å². The quantitative estimate of drug-likeness (QED) is 0.628. The summed E-state index contributed by atoms with van der Waals surface area (Å²) in [5.74, 6) is -3.56. The Hall–Kier alpha value is -2.63. The maximum atomic E-state index is 13.5. The highest BCUT2D eigenvalue weighted by atomic mass is 19.1. The van der Waals surface area contributed by atoms with E-state index in [9.17, 15) is 22.8 Å². The number of hydrogen-bond donors (Lipinski definition) is 0. The molecule has 0 aliphatic heterocycles. The van der Waals surface area contributed by atoms with Crippen LogP contribution in [0.5, 0.6) is 5.75 Å². The molecule has 2 aromatic carbocycles. The molecule has 0 amide bonds. The molecule has 0 N–H and O–H groups in total. The van der Waals surface area contributed by atoms with E-state index in [-0.39, 0.29) is 11.3 Å². The first kappa shape index (κ1) is 14.8. The van der Waals surface area contributed by atoms with Crippen LogP contribution in [-0.2, 0) is 0 Å². The minimum absolute atomic E-state index is 0.113. The minimum Gasteiger partial charge on any atom is -0.482 e. The Bertz CT molecular complexity index is 699. The summed E-state index contributed by atoms with van der Waals surface area (Å²) in [5, 5.41) is 0. The Kier molecular flexibility index (Phi) is 4.37. The summed E-state index contributed by atoms with van der Waals surface area (Å²) in [4.78, 5) is 22.2. The van der Waals surface area contributed by atoms with Crippen LogP contribution >= 0.6 is 0 Å². The summed E-state index contributed by atoms with van der Waals surface area (Å²) in [7, 11) is 0. The lowest BCUT2D eigenvalue weighted by molar-refractivity contribution is 0.0913. The topological polar surface area (TPSA) is 43.4 Å². The average molecular weight is 294 g/mol. The number of ketones is 1. The highest BCUT2D eigenvalue weighted by molar-refractivity contribution is 5.97. The van der Waals surface area contributed by atoms with Gasteiger partial charge in [0, 0.05) is 5.56 Å². The summed E-state index contributed by atoms with van der Waals surface area (Å²) >= 11 is 0. The van der Waals surface area contributed by atoms with Gasteiger partial charge in [0.25, 0.3) is 0 Å². The van der Waals surface area contributed by atoms with Gasteiger partial charge in [0.1, 0.15) is 17.9 Å². The van der Waals surface area contributed by atoms with Gasteiger partial charge in [-0.1, -0.05) is 0 Å². The molecule has 2 aromatic rings. The standard InChI is InChI=1S/C15H9F3O3/c16-10-2-3-12(17)11(6-10)14(20)8-21-15-4-1-9(7-19)5-13(15)18/h1-7H,8H2. The number of Topliss-reactive ketones (excluding diaryl/α,β-unsaturated/α-hetero) is 1. The smallest absolute Gasteiger partial charge is 0.203 e. The molecule has 0 saturated heterocycles. The van der Waals surface area contributed by atoms with E-state index in [4.69, 9.17) is 4.74 Å². The zero-order valence-electron chi connectivity index (χ0n) is 10.6. The number of hydrogen-bond acceptors (Lipinski definition) is 3. The van der Waals surface area contributed by atoms with Crippen molar-refractivity contribution in [3.05, 3.63) is 65.0 Å². The molecule has 0 aliphatic rings. The summed E-state index contributed by atoms with van der Waals surface area (Å²) in [6.07, 6.45) is 0.458. The molecule has 0 spiro atoms. The molecule has 0 heterocycles. The Morgan fingerprint density at radius 3 is 2.48 bits per heavy atom. The number of carbonyl (C=O) groups is 2. The molecule has 2 rings (SSSR count). The van der Waals surface area contributed by atoms with Crippen LogP contribution in [0.3, 0.4) is 0 Å². The lowest BCUT2D eigenvalue weighted by Gasteiger charge is -2.07. The molecule has 0 bridgehead atoms. The first-order valence-electron chi connectivity index (χ1n) is 5.87. The molecule has 6 heteroatoms. The van der Waals surface area contributed by atoms with E-state index in [1.54, 1.807) is 0 Å². The van der Waals surface area contributed by atoms with E-state index in [1.807, 2.05) is 0 Å². The molecular weight excluding hydrogens is 285 g/mol. The van der Waals surface area contributed by atoms with Gasteiger partial charge in [-0.15, -0.1) is 0 Å². The van der Waals surface area contributed by atoms with Crippen molar-refractivity contribution in [1.29, 1.82) is 0 Å².